The van der Waals surface area contributed by atoms with Crippen LogP contribution in [0.5, 0.6) is 0 Å². The van der Waals surface area contributed by atoms with Gasteiger partial charge in [-0.3, -0.25) is 4.79 Å². The van der Waals surface area contributed by atoms with E-state index < -0.39 is 5.38 Å². The van der Waals surface area contributed by atoms with Gasteiger partial charge in [0.15, 0.2) is 0 Å². The Morgan fingerprint density at radius 1 is 1.29 bits per heavy atom. The summed E-state index contributed by atoms with van der Waals surface area (Å²) in [6.07, 6.45) is 5.77. The van der Waals surface area contributed by atoms with Crippen molar-refractivity contribution < 1.29 is 9.53 Å². The summed E-state index contributed by atoms with van der Waals surface area (Å²) in [7, 11) is 0. The Kier molecular flexibility index (Phi) is 7.96. The van der Waals surface area contributed by atoms with Crippen molar-refractivity contribution in [2.24, 2.45) is 0 Å². The zero-order valence-electron chi connectivity index (χ0n) is 9.38. The lowest BCUT2D eigenvalue weighted by molar-refractivity contribution is -0.147. The molecule has 0 rings (SSSR count). The molecule has 0 saturated carbocycles. The second-order valence-electron chi connectivity index (χ2n) is 3.71. The van der Waals surface area contributed by atoms with Crippen molar-refractivity contribution >= 4 is 17.6 Å². The predicted octanol–water partition coefficient (Wildman–Crippen LogP) is 3.52. The molecule has 0 aliphatic heterocycles. The van der Waals surface area contributed by atoms with Crippen LogP contribution >= 0.6 is 11.6 Å². The SMILES string of the molecule is CCCCCCC(C)OC(=O)C(C)Cl. The van der Waals surface area contributed by atoms with Gasteiger partial charge < -0.3 is 4.74 Å². The average Bonchev–Trinajstić information content (AvgIpc) is 2.12. The summed E-state index contributed by atoms with van der Waals surface area (Å²) in [6.45, 7) is 5.73. The van der Waals surface area contributed by atoms with Gasteiger partial charge in [0.25, 0.3) is 0 Å². The molecule has 0 spiro atoms. The van der Waals surface area contributed by atoms with Crippen LogP contribution in [0.2, 0.25) is 0 Å². The maximum Gasteiger partial charge on any atom is 0.324 e. The van der Waals surface area contributed by atoms with Crippen LogP contribution in [-0.2, 0) is 9.53 Å². The van der Waals surface area contributed by atoms with Gasteiger partial charge >= 0.3 is 5.97 Å². The van der Waals surface area contributed by atoms with Crippen LogP contribution in [-0.4, -0.2) is 17.5 Å². The monoisotopic (exact) mass is 220 g/mol. The zero-order valence-corrected chi connectivity index (χ0v) is 10.1. The summed E-state index contributed by atoms with van der Waals surface area (Å²) in [4.78, 5) is 11.1. The van der Waals surface area contributed by atoms with E-state index in [0.29, 0.717) is 0 Å². The van der Waals surface area contributed by atoms with Gasteiger partial charge in [-0.25, -0.2) is 0 Å². The molecule has 0 aliphatic rings. The van der Waals surface area contributed by atoms with Crippen molar-refractivity contribution in [3.05, 3.63) is 0 Å². The third-order valence-electron chi connectivity index (χ3n) is 2.11. The molecular weight excluding hydrogens is 200 g/mol. The van der Waals surface area contributed by atoms with Gasteiger partial charge in [-0.1, -0.05) is 26.2 Å². The molecule has 0 bridgehead atoms. The Bertz CT molecular complexity index is 157. The van der Waals surface area contributed by atoms with E-state index in [1.165, 1.54) is 19.3 Å². The van der Waals surface area contributed by atoms with Crippen molar-refractivity contribution in [3.63, 3.8) is 0 Å². The van der Waals surface area contributed by atoms with Gasteiger partial charge in [0.05, 0.1) is 6.10 Å². The van der Waals surface area contributed by atoms with Gasteiger partial charge in [-0.2, -0.15) is 0 Å². The maximum absolute atomic E-state index is 11.1. The van der Waals surface area contributed by atoms with E-state index in [1.807, 2.05) is 6.92 Å². The number of unbranched alkanes of at least 4 members (excludes halogenated alkanes) is 3. The van der Waals surface area contributed by atoms with Crippen LogP contribution in [0.4, 0.5) is 0 Å². The molecule has 0 saturated heterocycles. The zero-order chi connectivity index (χ0) is 11.0. The minimum atomic E-state index is -0.534. The van der Waals surface area contributed by atoms with E-state index in [1.54, 1.807) is 6.92 Å². The summed E-state index contributed by atoms with van der Waals surface area (Å²) in [6, 6.07) is 0. The minimum absolute atomic E-state index is 0.000515. The van der Waals surface area contributed by atoms with Crippen LogP contribution < -0.4 is 0 Å². The highest BCUT2D eigenvalue weighted by Gasteiger charge is 2.13. The Balaban J connectivity index is 3.45. The Morgan fingerprint density at radius 3 is 2.43 bits per heavy atom. The summed E-state index contributed by atoms with van der Waals surface area (Å²) < 4.78 is 5.12. The number of hydrogen-bond acceptors (Lipinski definition) is 2. The molecule has 0 aromatic carbocycles. The fourth-order valence-electron chi connectivity index (χ4n) is 1.21. The predicted molar refractivity (Wildman–Crippen MR) is 59.6 cm³/mol. The van der Waals surface area contributed by atoms with Gasteiger partial charge in [0.1, 0.15) is 5.38 Å². The van der Waals surface area contributed by atoms with Gasteiger partial charge in [-0.15, -0.1) is 11.6 Å². The summed E-state index contributed by atoms with van der Waals surface area (Å²) >= 11 is 5.58. The van der Waals surface area contributed by atoms with Crippen LogP contribution in [0.3, 0.4) is 0 Å². The number of esters is 1. The first kappa shape index (κ1) is 13.8. The first-order valence-corrected chi connectivity index (χ1v) is 5.86. The molecule has 14 heavy (non-hydrogen) atoms. The van der Waals surface area contributed by atoms with Crippen LogP contribution in [0.25, 0.3) is 0 Å². The van der Waals surface area contributed by atoms with Crippen LogP contribution in [0, 0.1) is 0 Å². The standard InChI is InChI=1S/C11H21ClO2/c1-4-5-6-7-8-9(2)14-11(13)10(3)12/h9-10H,4-8H2,1-3H3. The molecule has 0 aromatic rings. The third-order valence-corrected chi connectivity index (χ3v) is 2.28. The molecule has 0 aliphatic carbocycles. The van der Waals surface area contributed by atoms with E-state index in [-0.39, 0.29) is 12.1 Å². The van der Waals surface area contributed by atoms with E-state index in [0.717, 1.165) is 12.8 Å². The highest BCUT2D eigenvalue weighted by atomic mass is 35.5. The number of alkyl halides is 1. The highest BCUT2D eigenvalue weighted by Crippen LogP contribution is 2.09. The molecule has 3 heteroatoms. The lowest BCUT2D eigenvalue weighted by atomic mass is 10.1. The first-order valence-electron chi connectivity index (χ1n) is 5.42. The second-order valence-corrected chi connectivity index (χ2v) is 4.37. The number of hydrogen-bond donors (Lipinski definition) is 0. The van der Waals surface area contributed by atoms with Gasteiger partial charge in [-0.05, 0) is 26.7 Å². The van der Waals surface area contributed by atoms with E-state index in [9.17, 15) is 4.79 Å². The molecule has 2 nitrogen and oxygen atoms in total. The first-order chi connectivity index (χ1) is 6.57. The number of carbonyl (C=O) groups excluding carboxylic acids is 1. The number of carbonyl (C=O) groups is 1. The van der Waals surface area contributed by atoms with Crippen molar-refractivity contribution in [1.29, 1.82) is 0 Å². The van der Waals surface area contributed by atoms with E-state index >= 15 is 0 Å². The second kappa shape index (κ2) is 8.10. The summed E-state index contributed by atoms with van der Waals surface area (Å²) in [5, 5.41) is -0.534. The number of rotatable bonds is 7. The number of halogens is 1. The van der Waals surface area contributed by atoms with E-state index in [2.05, 4.69) is 6.92 Å². The molecule has 0 aromatic heterocycles. The maximum atomic E-state index is 11.1. The molecule has 0 heterocycles. The topological polar surface area (TPSA) is 26.3 Å². The molecule has 84 valence electrons. The molecular formula is C11H21ClO2. The Labute approximate surface area is 92.0 Å². The fraction of sp³-hybridized carbons (Fsp3) is 0.909. The van der Waals surface area contributed by atoms with Gasteiger partial charge in [0.2, 0.25) is 0 Å². The average molecular weight is 221 g/mol. The minimum Gasteiger partial charge on any atom is -0.462 e. The molecule has 0 amide bonds. The lowest BCUT2D eigenvalue weighted by Crippen LogP contribution is -2.20. The molecule has 0 radical (unpaired) electrons. The van der Waals surface area contributed by atoms with Crippen molar-refractivity contribution in [1.82, 2.24) is 0 Å². The van der Waals surface area contributed by atoms with Crippen molar-refractivity contribution in [3.8, 4) is 0 Å². The highest BCUT2D eigenvalue weighted by molar-refractivity contribution is 6.29. The largest absolute Gasteiger partial charge is 0.462 e. The summed E-state index contributed by atoms with van der Waals surface area (Å²) in [5.74, 6) is -0.311. The smallest absolute Gasteiger partial charge is 0.324 e. The van der Waals surface area contributed by atoms with Crippen molar-refractivity contribution in [2.45, 2.75) is 64.4 Å². The lowest BCUT2D eigenvalue weighted by Gasteiger charge is -2.13. The Morgan fingerprint density at radius 2 is 1.93 bits per heavy atom. The van der Waals surface area contributed by atoms with Crippen LogP contribution in [0.1, 0.15) is 52.9 Å². The van der Waals surface area contributed by atoms with Crippen LogP contribution in [0.15, 0.2) is 0 Å². The quantitative estimate of drug-likeness (QED) is 0.373. The van der Waals surface area contributed by atoms with Gasteiger partial charge in [0, 0.05) is 0 Å². The summed E-state index contributed by atoms with van der Waals surface area (Å²) in [5.41, 5.74) is 0. The molecule has 2 unspecified atom stereocenters. The Hall–Kier alpha value is -0.240. The van der Waals surface area contributed by atoms with Crippen molar-refractivity contribution in [2.75, 3.05) is 0 Å². The van der Waals surface area contributed by atoms with E-state index in [4.69, 9.17) is 16.3 Å². The third kappa shape index (κ3) is 7.19. The number of ether oxygens (including phenoxy) is 1. The fourth-order valence-corrected chi connectivity index (χ4v) is 1.26. The molecule has 0 fully saturated rings. The molecule has 0 N–H and O–H groups in total. The molecule has 2 atom stereocenters. The normalized spacial score (nSPS) is 14.9.